The van der Waals surface area contributed by atoms with Gasteiger partial charge >= 0.3 is 5.97 Å². The van der Waals surface area contributed by atoms with E-state index in [4.69, 9.17) is 4.74 Å². The molecule has 36 heavy (non-hydrogen) atoms. The maximum Gasteiger partial charge on any atom is 0.303 e. The number of esters is 1. The summed E-state index contributed by atoms with van der Waals surface area (Å²) in [5.41, 5.74) is 4.02. The number of halogens is 1. The smallest absolute Gasteiger partial charge is 0.303 e. The lowest BCUT2D eigenvalue weighted by atomic mass is 9.50. The van der Waals surface area contributed by atoms with Gasteiger partial charge in [0.2, 0.25) is 5.78 Å². The summed E-state index contributed by atoms with van der Waals surface area (Å²) in [6.07, 6.45) is 6.55. The fourth-order valence-electron chi connectivity index (χ4n) is 7.99. The highest BCUT2D eigenvalue weighted by Gasteiger charge is 2.68. The monoisotopic (exact) mass is 493 g/mol. The van der Waals surface area contributed by atoms with Gasteiger partial charge in [0.05, 0.1) is 0 Å². The van der Waals surface area contributed by atoms with E-state index < -0.39 is 29.4 Å². The van der Waals surface area contributed by atoms with Gasteiger partial charge in [0.1, 0.15) is 0 Å². The van der Waals surface area contributed by atoms with Crippen molar-refractivity contribution in [2.24, 2.45) is 17.3 Å². The minimum Gasteiger partial charge on any atom is -0.451 e. The Morgan fingerprint density at radius 3 is 2.47 bits per heavy atom. The molecule has 5 atom stereocenters. The van der Waals surface area contributed by atoms with Crippen LogP contribution in [0.2, 0.25) is 0 Å². The number of benzene rings is 1. The second-order valence-electron chi connectivity index (χ2n) is 11.5. The first-order valence-corrected chi connectivity index (χ1v) is 13.1. The Morgan fingerprint density at radius 2 is 1.83 bits per heavy atom. The molecule has 5 nitrogen and oxygen atoms in total. The molecule has 0 bridgehead atoms. The summed E-state index contributed by atoms with van der Waals surface area (Å²) in [7, 11) is 4.02. The summed E-state index contributed by atoms with van der Waals surface area (Å²) >= 11 is 0. The van der Waals surface area contributed by atoms with Crippen molar-refractivity contribution in [3.63, 3.8) is 0 Å². The van der Waals surface area contributed by atoms with E-state index in [1.807, 2.05) is 20.2 Å². The van der Waals surface area contributed by atoms with Crippen LogP contribution in [0.15, 0.2) is 47.1 Å². The van der Waals surface area contributed by atoms with Crippen molar-refractivity contribution in [3.8, 4) is 0 Å². The molecule has 0 N–H and O–H groups in total. The van der Waals surface area contributed by atoms with Crippen LogP contribution in [0.4, 0.5) is 10.1 Å². The molecule has 5 rings (SSSR count). The van der Waals surface area contributed by atoms with Crippen LogP contribution in [0.3, 0.4) is 0 Å². The second kappa shape index (κ2) is 8.97. The molecule has 0 heterocycles. The van der Waals surface area contributed by atoms with Crippen molar-refractivity contribution in [3.05, 3.63) is 52.6 Å². The number of ketones is 2. The van der Waals surface area contributed by atoms with E-state index in [9.17, 15) is 18.8 Å². The third kappa shape index (κ3) is 3.67. The number of rotatable bonds is 5. The maximum absolute atomic E-state index is 14.0. The zero-order valence-electron chi connectivity index (χ0n) is 21.7. The van der Waals surface area contributed by atoms with E-state index in [1.54, 1.807) is 0 Å². The molecule has 1 aromatic rings. The fourth-order valence-corrected chi connectivity index (χ4v) is 7.99. The molecule has 192 valence electrons. The third-order valence-electron chi connectivity index (χ3n) is 9.56. The van der Waals surface area contributed by atoms with Crippen LogP contribution < -0.4 is 4.90 Å². The van der Waals surface area contributed by atoms with Crippen LogP contribution in [0.1, 0.15) is 70.3 Å². The Bertz CT molecular complexity index is 1170. The number of allylic oxidation sites excluding steroid dienone is 4. The van der Waals surface area contributed by atoms with E-state index in [-0.39, 0.29) is 23.5 Å². The number of carbonyl (C=O) groups excluding carboxylic acids is 3. The SMILES string of the molecule is CC(=O)O[C@]1(C(=O)CF)CC[C@H]2[C@@H]3CCC4=CC(=O)CCC4=C3C(c3ccc(N(C)C)cc3)C[C@@]21C. The standard InChI is InChI=1S/C30H36FNO4/c1-18(33)36-30(27(35)17-31)14-13-26-24-11-7-20-15-22(34)10-12-23(20)28(24)25(16-29(26,30)2)19-5-8-21(9-6-19)32(3)4/h5-6,8-9,15,24-26H,7,10-14,16-17H2,1-4H3/t24-,25?,26-,29-,30-/m0/s1. The first-order chi connectivity index (χ1) is 17.1. The molecule has 6 heteroatoms. The Labute approximate surface area is 212 Å². The number of anilines is 1. The zero-order valence-corrected chi connectivity index (χ0v) is 21.7. The van der Waals surface area contributed by atoms with E-state index >= 15 is 0 Å². The van der Waals surface area contributed by atoms with Gasteiger partial charge < -0.3 is 9.64 Å². The van der Waals surface area contributed by atoms with Crippen LogP contribution in [0.25, 0.3) is 0 Å². The molecule has 0 aliphatic heterocycles. The summed E-state index contributed by atoms with van der Waals surface area (Å²) in [6, 6.07) is 8.52. The Morgan fingerprint density at radius 1 is 1.11 bits per heavy atom. The maximum atomic E-state index is 14.0. The van der Waals surface area contributed by atoms with Gasteiger partial charge in [-0.1, -0.05) is 24.6 Å². The van der Waals surface area contributed by atoms with Crippen molar-refractivity contribution in [1.29, 1.82) is 0 Å². The number of ether oxygens (including phenoxy) is 1. The molecule has 0 spiro atoms. The summed E-state index contributed by atoms with van der Waals surface area (Å²) in [5, 5.41) is 0. The normalized spacial score (nSPS) is 33.3. The van der Waals surface area contributed by atoms with Gasteiger partial charge in [-0.2, -0.15) is 0 Å². The van der Waals surface area contributed by atoms with Crippen LogP contribution in [-0.4, -0.2) is 43.9 Å². The van der Waals surface area contributed by atoms with Gasteiger partial charge in [-0.3, -0.25) is 14.4 Å². The molecule has 1 unspecified atom stereocenters. The molecule has 2 fully saturated rings. The number of carbonyl (C=O) groups is 3. The molecular weight excluding hydrogens is 457 g/mol. The highest BCUT2D eigenvalue weighted by Crippen LogP contribution is 2.67. The molecule has 4 aliphatic rings. The number of hydrogen-bond acceptors (Lipinski definition) is 5. The van der Waals surface area contributed by atoms with Gasteiger partial charge in [0.25, 0.3) is 0 Å². The molecular formula is C30H36FNO4. The van der Waals surface area contributed by atoms with Gasteiger partial charge in [-0.15, -0.1) is 0 Å². The predicted molar refractivity (Wildman–Crippen MR) is 137 cm³/mol. The minimum absolute atomic E-state index is 0.0137. The Balaban J connectivity index is 1.69. The number of Topliss-reactive ketones (excluding diaryl/α,β-unsaturated/α-hetero) is 1. The Kier molecular flexibility index (Phi) is 6.20. The lowest BCUT2D eigenvalue weighted by Crippen LogP contribution is -2.58. The molecule has 0 radical (unpaired) electrons. The van der Waals surface area contributed by atoms with Gasteiger partial charge in [-0.05, 0) is 85.3 Å². The number of hydrogen-bond donors (Lipinski definition) is 0. The first-order valence-electron chi connectivity index (χ1n) is 13.1. The number of alkyl halides is 1. The van der Waals surface area contributed by atoms with Gasteiger partial charge in [-0.25, -0.2) is 4.39 Å². The van der Waals surface area contributed by atoms with Crippen LogP contribution in [-0.2, 0) is 19.1 Å². The highest BCUT2D eigenvalue weighted by atomic mass is 19.1. The van der Waals surface area contributed by atoms with E-state index in [0.29, 0.717) is 19.3 Å². The molecule has 0 saturated heterocycles. The summed E-state index contributed by atoms with van der Waals surface area (Å²) < 4.78 is 19.9. The molecule has 0 aromatic heterocycles. The lowest BCUT2D eigenvalue weighted by Gasteiger charge is -2.55. The molecule has 2 saturated carbocycles. The van der Waals surface area contributed by atoms with Gasteiger partial charge in [0, 0.05) is 44.5 Å². The van der Waals surface area contributed by atoms with E-state index in [0.717, 1.165) is 36.9 Å². The largest absolute Gasteiger partial charge is 0.451 e. The van der Waals surface area contributed by atoms with Crippen molar-refractivity contribution < 1.29 is 23.5 Å². The fraction of sp³-hybridized carbons (Fsp3) is 0.567. The summed E-state index contributed by atoms with van der Waals surface area (Å²) in [4.78, 5) is 39.7. The quantitative estimate of drug-likeness (QED) is 0.508. The average Bonchev–Trinajstić information content (AvgIpc) is 3.14. The zero-order chi connectivity index (χ0) is 25.8. The summed E-state index contributed by atoms with van der Waals surface area (Å²) in [5.74, 6) is -0.600. The van der Waals surface area contributed by atoms with Crippen LogP contribution >= 0.6 is 0 Å². The minimum atomic E-state index is -1.44. The molecule has 4 aliphatic carbocycles. The average molecular weight is 494 g/mol. The second-order valence-corrected chi connectivity index (χ2v) is 11.5. The Hall–Kier alpha value is -2.76. The third-order valence-corrected chi connectivity index (χ3v) is 9.56. The van der Waals surface area contributed by atoms with Crippen molar-refractivity contribution in [2.45, 2.75) is 70.3 Å². The summed E-state index contributed by atoms with van der Waals surface area (Å²) in [6.45, 7) is 2.24. The number of nitrogens with zero attached hydrogens (tertiary/aromatic N) is 1. The molecule has 0 amide bonds. The van der Waals surface area contributed by atoms with E-state index in [2.05, 4.69) is 36.1 Å². The molecule has 1 aromatic carbocycles. The van der Waals surface area contributed by atoms with Crippen molar-refractivity contribution in [2.75, 3.05) is 25.7 Å². The van der Waals surface area contributed by atoms with Gasteiger partial charge in [0.15, 0.2) is 18.1 Å². The predicted octanol–water partition coefficient (Wildman–Crippen LogP) is 5.49. The lowest BCUT2D eigenvalue weighted by molar-refractivity contribution is -0.184. The first kappa shape index (κ1) is 24.9. The van der Waals surface area contributed by atoms with Crippen molar-refractivity contribution >= 4 is 23.2 Å². The van der Waals surface area contributed by atoms with Crippen LogP contribution in [0.5, 0.6) is 0 Å². The van der Waals surface area contributed by atoms with Crippen molar-refractivity contribution in [1.82, 2.24) is 0 Å². The van der Waals surface area contributed by atoms with Crippen LogP contribution in [0, 0.1) is 17.3 Å². The topological polar surface area (TPSA) is 63.7 Å². The number of fused-ring (bicyclic) bond motifs is 4. The highest BCUT2D eigenvalue weighted by molar-refractivity contribution is 5.93. The van der Waals surface area contributed by atoms with E-state index in [1.165, 1.54) is 23.6 Å².